The molecule has 21 heavy (non-hydrogen) atoms. The summed E-state index contributed by atoms with van der Waals surface area (Å²) in [6.07, 6.45) is -0.858. The maximum absolute atomic E-state index is 13.1. The summed E-state index contributed by atoms with van der Waals surface area (Å²) in [6.45, 7) is 5.26. The number of benzene rings is 1. The van der Waals surface area contributed by atoms with Crippen molar-refractivity contribution in [2.24, 2.45) is 11.3 Å². The van der Waals surface area contributed by atoms with Crippen LogP contribution in [0.4, 0.5) is 10.1 Å². The van der Waals surface area contributed by atoms with Crippen molar-refractivity contribution in [2.45, 2.75) is 38.3 Å². The molecule has 0 spiro atoms. The first-order chi connectivity index (χ1) is 9.65. The number of halogens is 1. The molecule has 0 saturated heterocycles. The average molecular weight is 313 g/mol. The van der Waals surface area contributed by atoms with E-state index >= 15 is 0 Å². The van der Waals surface area contributed by atoms with Gasteiger partial charge in [0, 0.05) is 5.69 Å². The van der Waals surface area contributed by atoms with Gasteiger partial charge in [-0.25, -0.2) is 12.8 Å². The quantitative estimate of drug-likeness (QED) is 0.909. The van der Waals surface area contributed by atoms with E-state index in [9.17, 15) is 17.6 Å². The van der Waals surface area contributed by atoms with Gasteiger partial charge < -0.3 is 5.32 Å². The molecule has 1 aromatic rings. The van der Waals surface area contributed by atoms with Crippen molar-refractivity contribution in [1.29, 1.82) is 0 Å². The summed E-state index contributed by atoms with van der Waals surface area (Å²) >= 11 is 0. The number of rotatable bonds is 5. The fourth-order valence-corrected chi connectivity index (χ4v) is 3.72. The molecular formula is C15H20FNO3S. The summed E-state index contributed by atoms with van der Waals surface area (Å²) in [5.41, 5.74) is -0.466. The molecule has 1 aromatic carbocycles. The van der Waals surface area contributed by atoms with Gasteiger partial charge in [0.1, 0.15) is 6.17 Å². The summed E-state index contributed by atoms with van der Waals surface area (Å²) in [6, 6.07) is 6.00. The lowest BCUT2D eigenvalue weighted by Gasteiger charge is -2.11. The molecule has 1 aliphatic rings. The molecule has 2 rings (SSSR count). The van der Waals surface area contributed by atoms with Crippen LogP contribution in [0.2, 0.25) is 0 Å². The Morgan fingerprint density at radius 2 is 1.90 bits per heavy atom. The van der Waals surface area contributed by atoms with Gasteiger partial charge in [-0.3, -0.25) is 4.79 Å². The van der Waals surface area contributed by atoms with Gasteiger partial charge in [-0.15, -0.1) is 0 Å². The fraction of sp³-hybridized carbons (Fsp3) is 0.533. The average Bonchev–Trinajstić information content (AvgIpc) is 2.98. The first-order valence-electron chi connectivity index (χ1n) is 6.93. The minimum atomic E-state index is -3.30. The molecule has 1 fully saturated rings. The van der Waals surface area contributed by atoms with Crippen LogP contribution in [0.15, 0.2) is 29.2 Å². The first kappa shape index (κ1) is 15.9. The van der Waals surface area contributed by atoms with Crippen LogP contribution >= 0.6 is 0 Å². The highest BCUT2D eigenvalue weighted by molar-refractivity contribution is 7.91. The number of hydrogen-bond acceptors (Lipinski definition) is 3. The molecule has 1 amide bonds. The molecule has 0 aliphatic heterocycles. The van der Waals surface area contributed by atoms with Gasteiger partial charge in [0.25, 0.3) is 0 Å². The van der Waals surface area contributed by atoms with Gasteiger partial charge in [0.05, 0.1) is 16.1 Å². The predicted octanol–water partition coefficient (Wildman–Crippen LogP) is 2.80. The molecular weight excluding hydrogens is 293 g/mol. The van der Waals surface area contributed by atoms with Crippen LogP contribution in [0.5, 0.6) is 0 Å². The van der Waals surface area contributed by atoms with Crippen molar-refractivity contribution in [3.05, 3.63) is 24.3 Å². The van der Waals surface area contributed by atoms with Crippen molar-refractivity contribution in [1.82, 2.24) is 0 Å². The van der Waals surface area contributed by atoms with Crippen LogP contribution in [-0.2, 0) is 14.6 Å². The van der Waals surface area contributed by atoms with E-state index < -0.39 is 21.4 Å². The number of anilines is 1. The normalized spacial score (nSPS) is 24.9. The number of alkyl halides is 1. The van der Waals surface area contributed by atoms with Gasteiger partial charge >= 0.3 is 0 Å². The maximum Gasteiger partial charge on any atom is 0.233 e. The molecule has 0 bridgehead atoms. The largest absolute Gasteiger partial charge is 0.326 e. The van der Waals surface area contributed by atoms with E-state index in [1.807, 2.05) is 13.8 Å². The minimum Gasteiger partial charge on any atom is -0.326 e. The lowest BCUT2D eigenvalue weighted by atomic mass is 10.1. The van der Waals surface area contributed by atoms with E-state index in [1.54, 1.807) is 6.92 Å². The highest BCUT2D eigenvalue weighted by Gasteiger charge is 2.57. The molecule has 116 valence electrons. The van der Waals surface area contributed by atoms with Gasteiger partial charge in [0.15, 0.2) is 9.84 Å². The number of carbonyl (C=O) groups is 1. The van der Waals surface area contributed by atoms with Gasteiger partial charge in [-0.2, -0.15) is 0 Å². The summed E-state index contributed by atoms with van der Waals surface area (Å²) in [4.78, 5) is 12.1. The first-order valence-corrected chi connectivity index (χ1v) is 8.59. The molecule has 0 radical (unpaired) electrons. The SMILES string of the molecule is CC(C)CS(=O)(=O)c1ccc(NC(=O)C2(C)CC2F)cc1. The standard InChI is InChI=1S/C15H20FNO3S/c1-10(2)9-21(19,20)12-6-4-11(5-7-12)17-14(18)15(3)8-13(15)16/h4-7,10,13H,8-9H2,1-3H3,(H,17,18). The van der Waals surface area contributed by atoms with Crippen molar-refractivity contribution >= 4 is 21.4 Å². The van der Waals surface area contributed by atoms with Crippen molar-refractivity contribution in [3.8, 4) is 0 Å². The Bertz CT molecular complexity index is 639. The highest BCUT2D eigenvalue weighted by atomic mass is 32.2. The number of sulfone groups is 1. The van der Waals surface area contributed by atoms with Crippen molar-refractivity contribution < 1.29 is 17.6 Å². The van der Waals surface area contributed by atoms with Gasteiger partial charge in [-0.05, 0) is 43.5 Å². The van der Waals surface area contributed by atoms with E-state index in [1.165, 1.54) is 24.3 Å². The number of amides is 1. The molecule has 0 heterocycles. The van der Waals surface area contributed by atoms with Crippen molar-refractivity contribution in [3.63, 3.8) is 0 Å². The monoisotopic (exact) mass is 313 g/mol. The molecule has 2 atom stereocenters. The van der Waals surface area contributed by atoms with Crippen molar-refractivity contribution in [2.75, 3.05) is 11.1 Å². The number of hydrogen-bond donors (Lipinski definition) is 1. The van der Waals surface area contributed by atoms with Crippen LogP contribution in [0.1, 0.15) is 27.2 Å². The Hall–Kier alpha value is -1.43. The third-order valence-electron chi connectivity index (χ3n) is 3.68. The molecule has 6 heteroatoms. The van der Waals surface area contributed by atoms with Crippen LogP contribution in [0.3, 0.4) is 0 Å². The van der Waals surface area contributed by atoms with Crippen LogP contribution < -0.4 is 5.32 Å². The molecule has 4 nitrogen and oxygen atoms in total. The summed E-state index contributed by atoms with van der Waals surface area (Å²) in [5.74, 6) is -0.237. The minimum absolute atomic E-state index is 0.0469. The summed E-state index contributed by atoms with van der Waals surface area (Å²) in [7, 11) is -3.30. The highest BCUT2D eigenvalue weighted by Crippen LogP contribution is 2.48. The third-order valence-corrected chi connectivity index (χ3v) is 5.77. The second kappa shape index (κ2) is 5.40. The van der Waals surface area contributed by atoms with Crippen LogP contribution in [0.25, 0.3) is 0 Å². The molecule has 1 saturated carbocycles. The Morgan fingerprint density at radius 3 is 2.33 bits per heavy atom. The molecule has 0 aromatic heterocycles. The second-order valence-corrected chi connectivity index (χ2v) is 8.28. The molecule has 2 unspecified atom stereocenters. The number of carbonyl (C=O) groups excluding carboxylic acids is 1. The van der Waals surface area contributed by atoms with Gasteiger partial charge in [-0.1, -0.05) is 13.8 Å². The van der Waals surface area contributed by atoms with Crippen LogP contribution in [-0.4, -0.2) is 26.2 Å². The Kier molecular flexibility index (Phi) is 4.10. The van der Waals surface area contributed by atoms with Crippen LogP contribution in [0, 0.1) is 11.3 Å². The maximum atomic E-state index is 13.1. The zero-order valence-corrected chi connectivity index (χ0v) is 13.2. The van der Waals surface area contributed by atoms with Gasteiger partial charge in [0.2, 0.25) is 5.91 Å². The smallest absolute Gasteiger partial charge is 0.233 e. The lowest BCUT2D eigenvalue weighted by molar-refractivity contribution is -0.121. The fourth-order valence-electron chi connectivity index (χ4n) is 2.10. The second-order valence-electron chi connectivity index (χ2n) is 6.24. The molecule has 1 N–H and O–H groups in total. The lowest BCUT2D eigenvalue weighted by Crippen LogP contribution is -2.23. The Morgan fingerprint density at radius 1 is 1.38 bits per heavy atom. The Labute approximate surface area is 124 Å². The predicted molar refractivity (Wildman–Crippen MR) is 79.6 cm³/mol. The molecule has 1 aliphatic carbocycles. The van der Waals surface area contributed by atoms with E-state index in [0.29, 0.717) is 5.69 Å². The number of nitrogens with one attached hydrogen (secondary N) is 1. The van der Waals surface area contributed by atoms with E-state index in [4.69, 9.17) is 0 Å². The van der Waals surface area contributed by atoms with E-state index in [-0.39, 0.29) is 28.9 Å². The zero-order chi connectivity index (χ0) is 15.8. The zero-order valence-electron chi connectivity index (χ0n) is 12.4. The Balaban J connectivity index is 2.08. The summed E-state index contributed by atoms with van der Waals surface area (Å²) in [5, 5.41) is 2.62. The van der Waals surface area contributed by atoms with E-state index in [0.717, 1.165) is 0 Å². The van der Waals surface area contributed by atoms with E-state index in [2.05, 4.69) is 5.32 Å². The summed E-state index contributed by atoms with van der Waals surface area (Å²) < 4.78 is 37.2. The topological polar surface area (TPSA) is 63.2 Å². The third kappa shape index (κ3) is 3.43.